The molecule has 0 heterocycles. The van der Waals surface area contributed by atoms with Gasteiger partial charge in [0, 0.05) is 6.20 Å². The summed E-state index contributed by atoms with van der Waals surface area (Å²) in [5, 5.41) is 7.71. The minimum Gasteiger partial charge on any atom is -0.268 e. The first-order valence-corrected chi connectivity index (χ1v) is 6.18. The Hall–Kier alpha value is -0.860. The highest BCUT2D eigenvalue weighted by Gasteiger charge is 1.85. The zero-order chi connectivity index (χ0) is 11.2. The van der Waals surface area contributed by atoms with Gasteiger partial charge in [-0.25, -0.2) is 0 Å². The van der Waals surface area contributed by atoms with E-state index in [0.29, 0.717) is 0 Å². The second-order valence-corrected chi connectivity index (χ2v) is 3.70. The third kappa shape index (κ3) is 13.1. The standard InChI is InChI=1S/C12H25N3/c1-3-5-6-7-8-9-10-12-14-15-13-11-4-2/h10,12H,3-9,11H2,1-2H3,(H,13,14)/b12-10+. The summed E-state index contributed by atoms with van der Waals surface area (Å²) in [6, 6.07) is 0. The number of hydrogen-bond acceptors (Lipinski definition) is 2. The molecule has 0 spiro atoms. The molecule has 0 unspecified atom stereocenters. The molecule has 0 saturated carbocycles. The van der Waals surface area contributed by atoms with Crippen molar-refractivity contribution in [2.75, 3.05) is 6.54 Å². The number of allylic oxidation sites excluding steroid dienone is 1. The van der Waals surface area contributed by atoms with E-state index in [1.165, 1.54) is 32.1 Å². The third-order valence-electron chi connectivity index (χ3n) is 2.12. The Kier molecular flexibility index (Phi) is 12.4. The van der Waals surface area contributed by atoms with Gasteiger partial charge in [-0.05, 0) is 19.3 Å². The van der Waals surface area contributed by atoms with Crippen molar-refractivity contribution in [3.63, 3.8) is 0 Å². The number of nitrogens with zero attached hydrogens (tertiary/aromatic N) is 2. The van der Waals surface area contributed by atoms with E-state index in [4.69, 9.17) is 0 Å². The molecule has 88 valence electrons. The van der Waals surface area contributed by atoms with E-state index in [0.717, 1.165) is 19.4 Å². The molecule has 0 aromatic carbocycles. The molecule has 0 bridgehead atoms. The summed E-state index contributed by atoms with van der Waals surface area (Å²) in [5.41, 5.74) is 2.80. The topological polar surface area (TPSA) is 36.8 Å². The van der Waals surface area contributed by atoms with Crippen LogP contribution in [0.15, 0.2) is 22.6 Å². The molecule has 0 atom stereocenters. The average molecular weight is 211 g/mol. The van der Waals surface area contributed by atoms with Gasteiger partial charge in [-0.1, -0.05) is 50.8 Å². The highest BCUT2D eigenvalue weighted by Crippen LogP contribution is 2.04. The maximum Gasteiger partial charge on any atom is 0.0617 e. The summed E-state index contributed by atoms with van der Waals surface area (Å²) in [5.74, 6) is 0. The van der Waals surface area contributed by atoms with Gasteiger partial charge in [0.25, 0.3) is 0 Å². The molecule has 0 aromatic heterocycles. The lowest BCUT2D eigenvalue weighted by Crippen LogP contribution is -1.91. The van der Waals surface area contributed by atoms with Crippen LogP contribution in [0, 0.1) is 0 Å². The first-order chi connectivity index (χ1) is 7.41. The monoisotopic (exact) mass is 211 g/mol. The van der Waals surface area contributed by atoms with Gasteiger partial charge < -0.3 is 0 Å². The Labute approximate surface area is 94.0 Å². The van der Waals surface area contributed by atoms with E-state index in [9.17, 15) is 0 Å². The van der Waals surface area contributed by atoms with Crippen LogP contribution >= 0.6 is 0 Å². The van der Waals surface area contributed by atoms with Gasteiger partial charge in [-0.2, -0.15) is 5.11 Å². The molecule has 0 aliphatic carbocycles. The van der Waals surface area contributed by atoms with Crippen molar-refractivity contribution in [3.05, 3.63) is 12.3 Å². The maximum absolute atomic E-state index is 3.91. The average Bonchev–Trinajstić information content (AvgIpc) is 2.26. The van der Waals surface area contributed by atoms with Crippen LogP contribution in [0.25, 0.3) is 0 Å². The van der Waals surface area contributed by atoms with Crippen LogP contribution in [0.2, 0.25) is 0 Å². The number of unbranched alkanes of at least 4 members (excludes halogenated alkanes) is 5. The lowest BCUT2D eigenvalue weighted by molar-refractivity contribution is 0.636. The van der Waals surface area contributed by atoms with Crippen LogP contribution < -0.4 is 5.43 Å². The molecule has 0 saturated heterocycles. The van der Waals surface area contributed by atoms with Crippen molar-refractivity contribution in [1.29, 1.82) is 0 Å². The first kappa shape index (κ1) is 14.1. The fraction of sp³-hybridized carbons (Fsp3) is 0.833. The maximum atomic E-state index is 3.91. The zero-order valence-electron chi connectivity index (χ0n) is 10.2. The van der Waals surface area contributed by atoms with Crippen LogP contribution in [0.5, 0.6) is 0 Å². The van der Waals surface area contributed by atoms with Crippen molar-refractivity contribution >= 4 is 0 Å². The molecule has 0 amide bonds. The Morgan fingerprint density at radius 2 is 1.80 bits per heavy atom. The van der Waals surface area contributed by atoms with Crippen LogP contribution in [0.1, 0.15) is 58.8 Å². The van der Waals surface area contributed by atoms with Crippen molar-refractivity contribution < 1.29 is 0 Å². The second kappa shape index (κ2) is 13.1. The fourth-order valence-electron chi connectivity index (χ4n) is 1.23. The minimum atomic E-state index is 0.803. The molecule has 0 aliphatic heterocycles. The summed E-state index contributed by atoms with van der Waals surface area (Å²) in [6.45, 7) is 5.13. The summed E-state index contributed by atoms with van der Waals surface area (Å²) in [4.78, 5) is 0. The van der Waals surface area contributed by atoms with E-state index < -0.39 is 0 Å². The lowest BCUT2D eigenvalue weighted by Gasteiger charge is -1.95. The molecule has 15 heavy (non-hydrogen) atoms. The van der Waals surface area contributed by atoms with Gasteiger partial charge >= 0.3 is 0 Å². The quantitative estimate of drug-likeness (QED) is 0.328. The highest BCUT2D eigenvalue weighted by atomic mass is 15.4. The molecule has 1 N–H and O–H groups in total. The molecule has 0 radical (unpaired) electrons. The Bertz CT molecular complexity index is 164. The van der Waals surface area contributed by atoms with Gasteiger partial charge in [-0.15, -0.1) is 0 Å². The molecule has 3 nitrogen and oxygen atoms in total. The normalized spacial score (nSPS) is 11.6. The molecule has 3 heteroatoms. The summed E-state index contributed by atoms with van der Waals surface area (Å²) >= 11 is 0. The van der Waals surface area contributed by atoms with E-state index in [2.05, 4.69) is 35.7 Å². The third-order valence-corrected chi connectivity index (χ3v) is 2.12. The zero-order valence-corrected chi connectivity index (χ0v) is 10.2. The van der Waals surface area contributed by atoms with Crippen molar-refractivity contribution in [2.45, 2.75) is 58.8 Å². The van der Waals surface area contributed by atoms with E-state index >= 15 is 0 Å². The van der Waals surface area contributed by atoms with Gasteiger partial charge in [0.15, 0.2) is 0 Å². The molecular formula is C12H25N3. The molecule has 0 aliphatic rings. The van der Waals surface area contributed by atoms with Gasteiger partial charge in [-0.3, -0.25) is 5.43 Å². The summed E-state index contributed by atoms with van der Waals surface area (Å²) in [7, 11) is 0. The van der Waals surface area contributed by atoms with Crippen LogP contribution in [0.4, 0.5) is 0 Å². The van der Waals surface area contributed by atoms with Gasteiger partial charge in [0.05, 0.1) is 6.54 Å². The minimum absolute atomic E-state index is 0.803. The second-order valence-electron chi connectivity index (χ2n) is 3.70. The number of rotatable bonds is 10. The molecule has 0 fully saturated rings. The molecular weight excluding hydrogens is 186 g/mol. The van der Waals surface area contributed by atoms with E-state index in [1.54, 1.807) is 0 Å². The predicted octanol–water partition coefficient (Wildman–Crippen LogP) is 4.23. The van der Waals surface area contributed by atoms with E-state index in [1.807, 2.05) is 6.20 Å². The molecule has 0 aromatic rings. The predicted molar refractivity (Wildman–Crippen MR) is 65.7 cm³/mol. The van der Waals surface area contributed by atoms with Crippen molar-refractivity contribution in [1.82, 2.24) is 5.43 Å². The lowest BCUT2D eigenvalue weighted by atomic mass is 10.1. The van der Waals surface area contributed by atoms with Crippen LogP contribution in [-0.2, 0) is 0 Å². The Morgan fingerprint density at radius 3 is 2.53 bits per heavy atom. The molecule has 0 rings (SSSR count). The first-order valence-electron chi connectivity index (χ1n) is 6.18. The number of nitrogens with one attached hydrogen (secondary N) is 1. The fourth-order valence-corrected chi connectivity index (χ4v) is 1.23. The Balaban J connectivity index is 3.10. The largest absolute Gasteiger partial charge is 0.268 e. The van der Waals surface area contributed by atoms with Gasteiger partial charge in [0.2, 0.25) is 0 Å². The SMILES string of the molecule is CCCCCCC/C=C/NN=NCCC. The van der Waals surface area contributed by atoms with Crippen LogP contribution in [-0.4, -0.2) is 6.54 Å². The van der Waals surface area contributed by atoms with E-state index in [-0.39, 0.29) is 0 Å². The van der Waals surface area contributed by atoms with Crippen molar-refractivity contribution in [3.8, 4) is 0 Å². The Morgan fingerprint density at radius 1 is 1.00 bits per heavy atom. The smallest absolute Gasteiger partial charge is 0.0617 e. The van der Waals surface area contributed by atoms with Crippen molar-refractivity contribution in [2.24, 2.45) is 10.3 Å². The highest BCUT2D eigenvalue weighted by molar-refractivity contribution is 4.77. The summed E-state index contributed by atoms with van der Waals surface area (Å²) in [6.07, 6.45) is 12.9. The number of hydrogen-bond donors (Lipinski definition) is 1. The summed E-state index contributed by atoms with van der Waals surface area (Å²) < 4.78 is 0. The van der Waals surface area contributed by atoms with Crippen LogP contribution in [0.3, 0.4) is 0 Å². The van der Waals surface area contributed by atoms with Gasteiger partial charge in [0.1, 0.15) is 0 Å².